The monoisotopic (exact) mass is 519 g/mol. The summed E-state index contributed by atoms with van der Waals surface area (Å²) in [4.78, 5) is 27.7. The SMILES string of the molecule is C=CC(=O)N1CCN(c2nc(OC[C@@H]3CCCN3C)nc3c2OCC(c2c(C)ccc4[nH]ncc24)O3)CC1. The van der Waals surface area contributed by atoms with Crippen LogP contribution in [-0.2, 0) is 4.79 Å². The third-order valence-corrected chi connectivity index (χ3v) is 7.78. The molecule has 3 aliphatic rings. The maximum Gasteiger partial charge on any atom is 0.322 e. The van der Waals surface area contributed by atoms with Crippen LogP contribution in [0, 0.1) is 6.92 Å². The van der Waals surface area contributed by atoms with Gasteiger partial charge in [-0.05, 0) is 51.1 Å². The number of fused-ring (bicyclic) bond motifs is 2. The van der Waals surface area contributed by atoms with Crippen molar-refractivity contribution in [1.29, 1.82) is 0 Å². The molecule has 11 heteroatoms. The van der Waals surface area contributed by atoms with E-state index in [0.29, 0.717) is 62.9 Å². The fraction of sp³-hybridized carbons (Fsp3) is 0.481. The van der Waals surface area contributed by atoms with Crippen LogP contribution in [-0.4, -0.2) is 94.9 Å². The third kappa shape index (κ3) is 4.51. The van der Waals surface area contributed by atoms with Crippen LogP contribution in [0.5, 0.6) is 17.6 Å². The summed E-state index contributed by atoms with van der Waals surface area (Å²) >= 11 is 0. The highest BCUT2D eigenvalue weighted by molar-refractivity contribution is 5.87. The molecule has 0 bridgehead atoms. The van der Waals surface area contributed by atoms with Crippen LogP contribution in [0.2, 0.25) is 0 Å². The maximum absolute atomic E-state index is 12.1. The number of nitrogens with zero attached hydrogens (tertiary/aromatic N) is 6. The number of carbonyl (C=O) groups is 1. The molecule has 11 nitrogen and oxygen atoms in total. The van der Waals surface area contributed by atoms with Crippen LogP contribution in [0.4, 0.5) is 5.82 Å². The average molecular weight is 520 g/mol. The number of carbonyl (C=O) groups excluding carboxylic acids is 1. The molecule has 2 atom stereocenters. The zero-order valence-electron chi connectivity index (χ0n) is 21.9. The van der Waals surface area contributed by atoms with Gasteiger partial charge >= 0.3 is 6.01 Å². The second-order valence-electron chi connectivity index (χ2n) is 10.1. The lowest BCUT2D eigenvalue weighted by Gasteiger charge is -2.36. The lowest BCUT2D eigenvalue weighted by molar-refractivity contribution is -0.126. The Labute approximate surface area is 221 Å². The van der Waals surface area contributed by atoms with E-state index in [1.165, 1.54) is 6.08 Å². The van der Waals surface area contributed by atoms with Crippen molar-refractivity contribution in [2.24, 2.45) is 0 Å². The highest BCUT2D eigenvalue weighted by Crippen LogP contribution is 2.44. The van der Waals surface area contributed by atoms with E-state index >= 15 is 0 Å². The van der Waals surface area contributed by atoms with E-state index in [4.69, 9.17) is 19.2 Å². The number of aromatic nitrogens is 4. The van der Waals surface area contributed by atoms with Crippen molar-refractivity contribution in [2.45, 2.75) is 31.9 Å². The lowest BCUT2D eigenvalue weighted by atomic mass is 9.99. The quantitative estimate of drug-likeness (QED) is 0.491. The number of ether oxygens (including phenoxy) is 3. The number of likely N-dealkylation sites (N-methyl/N-ethyl adjacent to an activating group) is 1. The Morgan fingerprint density at radius 2 is 2.08 bits per heavy atom. The van der Waals surface area contributed by atoms with Gasteiger partial charge in [0, 0.05) is 43.2 Å². The standard InChI is InChI=1S/C27H33N7O4/c1-4-22(35)33-10-12-34(13-11-33)25-24-26(30-27(29-25)37-15-18-6-5-9-32(18)3)38-21(16-36-24)23-17(2)7-8-20-19(23)14-28-31-20/h4,7-8,14,18,21H,1,5-6,9-13,15-16H2,2-3H3,(H,28,31)/t18-,21?/m0/s1. The first-order valence-corrected chi connectivity index (χ1v) is 13.1. The predicted molar refractivity (Wildman–Crippen MR) is 142 cm³/mol. The van der Waals surface area contributed by atoms with Gasteiger partial charge in [-0.3, -0.25) is 9.89 Å². The Morgan fingerprint density at radius 3 is 2.84 bits per heavy atom. The molecular weight excluding hydrogens is 486 g/mol. The number of likely N-dealkylation sites (tertiary alicyclic amines) is 1. The van der Waals surface area contributed by atoms with E-state index in [0.717, 1.165) is 41.4 Å². The second-order valence-corrected chi connectivity index (χ2v) is 10.1. The van der Waals surface area contributed by atoms with Crippen molar-refractivity contribution >= 4 is 22.6 Å². The van der Waals surface area contributed by atoms with E-state index in [1.54, 1.807) is 4.90 Å². The normalized spacial score (nSPS) is 21.6. The van der Waals surface area contributed by atoms with Gasteiger partial charge in [-0.15, -0.1) is 0 Å². The first-order chi connectivity index (χ1) is 18.5. The van der Waals surface area contributed by atoms with Gasteiger partial charge in [0.25, 0.3) is 5.88 Å². The summed E-state index contributed by atoms with van der Waals surface area (Å²) in [5, 5.41) is 8.25. The molecule has 3 aromatic rings. The Kier molecular flexibility index (Phi) is 6.52. The molecule has 2 aromatic heterocycles. The summed E-state index contributed by atoms with van der Waals surface area (Å²) in [5.74, 6) is 1.44. The number of nitrogens with one attached hydrogen (secondary N) is 1. The van der Waals surface area contributed by atoms with Crippen molar-refractivity contribution in [3.8, 4) is 17.6 Å². The number of aryl methyl sites for hydroxylation is 1. The first-order valence-electron chi connectivity index (χ1n) is 13.1. The Morgan fingerprint density at radius 1 is 1.24 bits per heavy atom. The number of amides is 1. The minimum atomic E-state index is -0.359. The van der Waals surface area contributed by atoms with Gasteiger partial charge in [0.1, 0.15) is 13.2 Å². The highest BCUT2D eigenvalue weighted by Gasteiger charge is 2.34. The van der Waals surface area contributed by atoms with Crippen LogP contribution in [0.3, 0.4) is 0 Å². The van der Waals surface area contributed by atoms with Gasteiger partial charge in [-0.1, -0.05) is 12.6 Å². The Bertz CT molecular complexity index is 1350. The average Bonchev–Trinajstić information content (AvgIpc) is 3.59. The summed E-state index contributed by atoms with van der Waals surface area (Å²) < 4.78 is 19.0. The number of benzene rings is 1. The molecule has 0 spiro atoms. The number of anilines is 1. The van der Waals surface area contributed by atoms with Crippen molar-refractivity contribution in [3.05, 3.63) is 42.1 Å². The summed E-state index contributed by atoms with van der Waals surface area (Å²) in [7, 11) is 2.12. The van der Waals surface area contributed by atoms with E-state index in [2.05, 4.69) is 51.6 Å². The predicted octanol–water partition coefficient (Wildman–Crippen LogP) is 2.48. The van der Waals surface area contributed by atoms with Gasteiger partial charge in [0.2, 0.25) is 11.7 Å². The zero-order valence-corrected chi connectivity index (χ0v) is 21.9. The molecule has 38 heavy (non-hydrogen) atoms. The minimum absolute atomic E-state index is 0.0645. The van der Waals surface area contributed by atoms with E-state index < -0.39 is 0 Å². The Hall–Kier alpha value is -3.86. The fourth-order valence-corrected chi connectivity index (χ4v) is 5.56. The van der Waals surface area contributed by atoms with Gasteiger partial charge < -0.3 is 28.9 Å². The van der Waals surface area contributed by atoms with Crippen molar-refractivity contribution in [2.75, 3.05) is 57.9 Å². The topological polar surface area (TPSA) is 109 Å². The molecule has 1 unspecified atom stereocenters. The number of hydrogen-bond donors (Lipinski definition) is 1. The highest BCUT2D eigenvalue weighted by atomic mass is 16.6. The minimum Gasteiger partial charge on any atom is -0.481 e. The Balaban J connectivity index is 1.31. The van der Waals surface area contributed by atoms with Gasteiger partial charge in [0.05, 0.1) is 11.7 Å². The fourth-order valence-electron chi connectivity index (χ4n) is 5.56. The zero-order chi connectivity index (χ0) is 26.2. The van der Waals surface area contributed by atoms with Gasteiger partial charge in [-0.2, -0.15) is 15.1 Å². The van der Waals surface area contributed by atoms with Crippen LogP contribution < -0.4 is 19.1 Å². The molecule has 200 valence electrons. The van der Waals surface area contributed by atoms with Gasteiger partial charge in [0.15, 0.2) is 11.9 Å². The summed E-state index contributed by atoms with van der Waals surface area (Å²) in [5.41, 5.74) is 3.06. The van der Waals surface area contributed by atoms with Crippen LogP contribution in [0.25, 0.3) is 10.9 Å². The molecule has 2 saturated heterocycles. The van der Waals surface area contributed by atoms with Crippen molar-refractivity contribution < 1.29 is 19.0 Å². The molecule has 0 radical (unpaired) electrons. The van der Waals surface area contributed by atoms with Gasteiger partial charge in [-0.25, -0.2) is 0 Å². The largest absolute Gasteiger partial charge is 0.481 e. The molecule has 1 amide bonds. The first kappa shape index (κ1) is 24.5. The molecule has 1 N–H and O–H groups in total. The number of piperazine rings is 1. The molecule has 1 aromatic carbocycles. The second kappa shape index (κ2) is 10.1. The molecule has 6 rings (SSSR count). The van der Waals surface area contributed by atoms with Crippen LogP contribution >= 0.6 is 0 Å². The molecule has 5 heterocycles. The summed E-state index contributed by atoms with van der Waals surface area (Å²) in [6.45, 7) is 9.90. The van der Waals surface area contributed by atoms with Crippen LogP contribution in [0.15, 0.2) is 31.0 Å². The van der Waals surface area contributed by atoms with E-state index in [9.17, 15) is 4.79 Å². The molecule has 0 aliphatic carbocycles. The number of aromatic amines is 1. The van der Waals surface area contributed by atoms with Crippen molar-refractivity contribution in [1.82, 2.24) is 30.0 Å². The molecule has 0 saturated carbocycles. The van der Waals surface area contributed by atoms with E-state index in [-0.39, 0.29) is 18.0 Å². The third-order valence-electron chi connectivity index (χ3n) is 7.78. The lowest BCUT2D eigenvalue weighted by Crippen LogP contribution is -2.48. The van der Waals surface area contributed by atoms with Crippen molar-refractivity contribution in [3.63, 3.8) is 0 Å². The summed E-state index contributed by atoms with van der Waals surface area (Å²) in [6, 6.07) is 4.67. The summed E-state index contributed by atoms with van der Waals surface area (Å²) in [6.07, 6.45) is 5.06. The molecular formula is C27H33N7O4. The smallest absolute Gasteiger partial charge is 0.322 e. The number of rotatable bonds is 6. The number of hydrogen-bond acceptors (Lipinski definition) is 9. The number of H-pyrrole nitrogens is 1. The van der Waals surface area contributed by atoms with E-state index in [1.807, 2.05) is 12.3 Å². The molecule has 3 aliphatic heterocycles. The van der Waals surface area contributed by atoms with Crippen LogP contribution in [0.1, 0.15) is 30.1 Å². The molecule has 2 fully saturated rings. The maximum atomic E-state index is 12.1.